The van der Waals surface area contributed by atoms with Gasteiger partial charge in [0.1, 0.15) is 12.3 Å². The molecule has 1 saturated carbocycles. The molecular formula is C24H34N4O3. The number of nitrogens with zero attached hydrogens (tertiary/aromatic N) is 1. The molecule has 7 N–H and O–H groups in total. The van der Waals surface area contributed by atoms with Crippen LogP contribution in [0.3, 0.4) is 0 Å². The van der Waals surface area contributed by atoms with Gasteiger partial charge in [0.15, 0.2) is 0 Å². The van der Waals surface area contributed by atoms with Gasteiger partial charge in [-0.05, 0) is 44.0 Å². The number of carboxylic acid groups (broad SMARTS) is 1. The molecule has 1 aliphatic rings. The van der Waals surface area contributed by atoms with Crippen LogP contribution in [0, 0.1) is 0 Å². The first-order valence-electron chi connectivity index (χ1n) is 10.8. The van der Waals surface area contributed by atoms with Gasteiger partial charge in [0.05, 0.1) is 0 Å². The van der Waals surface area contributed by atoms with Crippen LogP contribution in [-0.4, -0.2) is 40.6 Å². The van der Waals surface area contributed by atoms with Crippen LogP contribution in [0.4, 0.5) is 0 Å². The summed E-state index contributed by atoms with van der Waals surface area (Å²) in [6, 6.07) is 13.8. The average Bonchev–Trinajstić information content (AvgIpc) is 3.12. The van der Waals surface area contributed by atoms with Gasteiger partial charge in [-0.2, -0.15) is 0 Å². The van der Waals surface area contributed by atoms with E-state index in [0.717, 1.165) is 23.8 Å². The molecule has 1 aromatic heterocycles. The van der Waals surface area contributed by atoms with E-state index in [0.29, 0.717) is 6.04 Å². The number of para-hydroxylation sites is 1. The molecule has 0 spiro atoms. The van der Waals surface area contributed by atoms with Crippen LogP contribution < -0.4 is 17.2 Å². The molecule has 2 aromatic carbocycles. The Bertz CT molecular complexity index is 993. The Morgan fingerprint density at radius 1 is 1.13 bits per heavy atom. The van der Waals surface area contributed by atoms with E-state index in [1.165, 1.54) is 48.5 Å². The highest BCUT2D eigenvalue weighted by molar-refractivity contribution is 6.09. The van der Waals surface area contributed by atoms with Gasteiger partial charge < -0.3 is 26.9 Å². The molecule has 0 aliphatic heterocycles. The lowest BCUT2D eigenvalue weighted by Crippen LogP contribution is -2.37. The van der Waals surface area contributed by atoms with E-state index < -0.39 is 12.0 Å². The van der Waals surface area contributed by atoms with Crippen molar-refractivity contribution in [2.45, 2.75) is 57.7 Å². The third-order valence-electron chi connectivity index (χ3n) is 5.47. The minimum absolute atomic E-state index is 0.00463. The molecule has 1 aliphatic carbocycles. The van der Waals surface area contributed by atoms with Crippen LogP contribution in [0.15, 0.2) is 42.5 Å². The lowest BCUT2D eigenvalue weighted by molar-refractivity contribution is -0.138. The quantitative estimate of drug-likeness (QED) is 0.473. The largest absolute Gasteiger partial charge is 0.480 e. The van der Waals surface area contributed by atoms with Crippen molar-refractivity contribution in [1.82, 2.24) is 4.57 Å². The second-order valence-corrected chi connectivity index (χ2v) is 7.73. The van der Waals surface area contributed by atoms with E-state index >= 15 is 0 Å². The summed E-state index contributed by atoms with van der Waals surface area (Å²) >= 11 is 0. The number of benzene rings is 2. The Morgan fingerprint density at radius 3 is 2.26 bits per heavy atom. The normalized spacial score (nSPS) is 14.8. The molecule has 0 bridgehead atoms. The Kier molecular flexibility index (Phi) is 9.65. The molecule has 0 radical (unpaired) electrons. The van der Waals surface area contributed by atoms with Crippen molar-refractivity contribution in [2.24, 2.45) is 17.2 Å². The Labute approximate surface area is 183 Å². The summed E-state index contributed by atoms with van der Waals surface area (Å²) in [7, 11) is 0. The van der Waals surface area contributed by atoms with Crippen LogP contribution >= 0.6 is 0 Å². The summed E-state index contributed by atoms with van der Waals surface area (Å²) in [5.41, 5.74) is 18.5. The minimum atomic E-state index is -1.05. The molecular weight excluding hydrogens is 392 g/mol. The number of carboxylic acids is 1. The Morgan fingerprint density at radius 2 is 1.77 bits per heavy atom. The fourth-order valence-electron chi connectivity index (χ4n) is 3.72. The maximum atomic E-state index is 10.9. The van der Waals surface area contributed by atoms with E-state index in [2.05, 4.69) is 23.6 Å². The highest BCUT2D eigenvalue weighted by Gasteiger charge is 2.09. The second-order valence-electron chi connectivity index (χ2n) is 7.73. The summed E-state index contributed by atoms with van der Waals surface area (Å²) in [5.74, 6) is -1.05. The van der Waals surface area contributed by atoms with Crippen molar-refractivity contribution in [3.8, 4) is 0 Å². The van der Waals surface area contributed by atoms with Gasteiger partial charge in [0, 0.05) is 46.5 Å². The number of aromatic nitrogens is 1. The fourth-order valence-corrected chi connectivity index (χ4v) is 3.72. The predicted molar refractivity (Wildman–Crippen MR) is 126 cm³/mol. The highest BCUT2D eigenvalue weighted by atomic mass is 16.4. The number of carbonyl (C=O) groups is 2. The molecule has 0 saturated heterocycles. The zero-order valence-corrected chi connectivity index (χ0v) is 18.2. The number of carbonyl (C=O) groups excluding carboxylic acids is 1. The maximum Gasteiger partial charge on any atom is 0.321 e. The van der Waals surface area contributed by atoms with Crippen molar-refractivity contribution in [3.05, 3.63) is 48.0 Å². The van der Waals surface area contributed by atoms with Gasteiger partial charge in [0.25, 0.3) is 0 Å². The topological polar surface area (TPSA) is 137 Å². The number of nitrogens with two attached hydrogens (primary N) is 3. The van der Waals surface area contributed by atoms with Crippen LogP contribution in [0.25, 0.3) is 21.8 Å². The number of aldehydes is 1. The Balaban J connectivity index is 0.000000203. The standard InChI is InChI=1S/C15H13NO.C6H13N.C3H8N2O2/c1-2-16-14-6-4-3-5-12(14)13-9-11(10-17)7-8-15(13)16;7-6-4-2-1-3-5-6;4-1-2(5)3(6)7/h3-10H,2H2,1H3;6H,1-5,7H2;2H,1,4-5H2,(H,6,7)/t;;2-/m..0/s1. The average molecular weight is 427 g/mol. The van der Waals surface area contributed by atoms with E-state index in [1.807, 2.05) is 30.3 Å². The number of hydrogen-bond acceptors (Lipinski definition) is 5. The smallest absolute Gasteiger partial charge is 0.321 e. The summed E-state index contributed by atoms with van der Waals surface area (Å²) in [6.07, 6.45) is 7.56. The lowest BCUT2D eigenvalue weighted by atomic mass is 9.97. The lowest BCUT2D eigenvalue weighted by Gasteiger charge is -2.15. The molecule has 3 aromatic rings. The molecule has 0 amide bonds. The SMILES string of the molecule is CCn1c2ccccc2c2cc(C=O)ccc21.NC1CCCCC1.NC[C@H](N)C(=O)O. The van der Waals surface area contributed by atoms with E-state index in [-0.39, 0.29) is 6.54 Å². The highest BCUT2D eigenvalue weighted by Crippen LogP contribution is 2.29. The van der Waals surface area contributed by atoms with Gasteiger partial charge >= 0.3 is 5.97 Å². The van der Waals surface area contributed by atoms with Gasteiger partial charge in [-0.15, -0.1) is 0 Å². The number of aryl methyl sites for hydroxylation is 1. The van der Waals surface area contributed by atoms with E-state index in [9.17, 15) is 9.59 Å². The van der Waals surface area contributed by atoms with Crippen LogP contribution in [-0.2, 0) is 11.3 Å². The summed E-state index contributed by atoms with van der Waals surface area (Å²) in [4.78, 5) is 20.6. The second kappa shape index (κ2) is 12.2. The zero-order chi connectivity index (χ0) is 22.8. The van der Waals surface area contributed by atoms with Crippen LogP contribution in [0.5, 0.6) is 0 Å². The number of aliphatic carboxylic acids is 1. The molecule has 7 nitrogen and oxygen atoms in total. The fraction of sp³-hybridized carbons (Fsp3) is 0.417. The van der Waals surface area contributed by atoms with E-state index in [1.54, 1.807) is 0 Å². The molecule has 1 fully saturated rings. The van der Waals surface area contributed by atoms with Crippen LogP contribution in [0.1, 0.15) is 49.4 Å². The van der Waals surface area contributed by atoms with Gasteiger partial charge in [0.2, 0.25) is 0 Å². The minimum Gasteiger partial charge on any atom is -0.480 e. The monoisotopic (exact) mass is 426 g/mol. The predicted octanol–water partition coefficient (Wildman–Crippen LogP) is 3.26. The van der Waals surface area contributed by atoms with Gasteiger partial charge in [-0.25, -0.2) is 0 Å². The molecule has 0 unspecified atom stereocenters. The van der Waals surface area contributed by atoms with Crippen molar-refractivity contribution < 1.29 is 14.7 Å². The number of fused-ring (bicyclic) bond motifs is 3. The van der Waals surface area contributed by atoms with Crippen molar-refractivity contribution in [2.75, 3.05) is 6.54 Å². The van der Waals surface area contributed by atoms with Crippen LogP contribution in [0.2, 0.25) is 0 Å². The molecule has 168 valence electrons. The van der Waals surface area contributed by atoms with Crippen molar-refractivity contribution in [3.63, 3.8) is 0 Å². The molecule has 1 atom stereocenters. The zero-order valence-electron chi connectivity index (χ0n) is 18.2. The van der Waals surface area contributed by atoms with E-state index in [4.69, 9.17) is 22.3 Å². The third-order valence-corrected chi connectivity index (χ3v) is 5.47. The molecule has 1 heterocycles. The summed E-state index contributed by atoms with van der Waals surface area (Å²) < 4.78 is 2.28. The Hall–Kier alpha value is -2.74. The van der Waals surface area contributed by atoms with Crippen molar-refractivity contribution >= 4 is 34.1 Å². The third kappa shape index (κ3) is 6.62. The van der Waals surface area contributed by atoms with Gasteiger partial charge in [-0.3, -0.25) is 9.59 Å². The van der Waals surface area contributed by atoms with Crippen molar-refractivity contribution in [1.29, 1.82) is 0 Å². The first-order chi connectivity index (χ1) is 14.9. The number of hydrogen-bond donors (Lipinski definition) is 4. The molecule has 31 heavy (non-hydrogen) atoms. The maximum absolute atomic E-state index is 10.9. The number of rotatable bonds is 4. The first-order valence-corrected chi connectivity index (χ1v) is 10.8. The molecule has 4 rings (SSSR count). The summed E-state index contributed by atoms with van der Waals surface area (Å²) in [5, 5.41) is 10.4. The first kappa shape index (κ1) is 24.5. The summed E-state index contributed by atoms with van der Waals surface area (Å²) in [6.45, 7) is 3.07. The molecule has 7 heteroatoms. The van der Waals surface area contributed by atoms with Gasteiger partial charge in [-0.1, -0.05) is 37.5 Å².